The van der Waals surface area contributed by atoms with Gasteiger partial charge in [0.15, 0.2) is 0 Å². The van der Waals surface area contributed by atoms with Crippen LogP contribution in [0.1, 0.15) is 27.2 Å². The molecule has 0 atom stereocenters. The molecule has 0 radical (unpaired) electrons. The van der Waals surface area contributed by atoms with Crippen molar-refractivity contribution in [3.05, 3.63) is 0 Å². The van der Waals surface area contributed by atoms with Gasteiger partial charge in [0.05, 0.1) is 0 Å². The second kappa shape index (κ2) is 3.94. The molecule has 10 heavy (non-hydrogen) atoms. The van der Waals surface area contributed by atoms with Crippen LogP contribution in [-0.4, -0.2) is 35.7 Å². The van der Waals surface area contributed by atoms with E-state index in [1.807, 2.05) is 0 Å². The zero-order valence-corrected chi connectivity index (χ0v) is 7.52. The Hall–Kier alpha value is -0.0800. The Kier molecular flexibility index (Phi) is 3.91. The molecule has 0 aliphatic rings. The van der Waals surface area contributed by atoms with Gasteiger partial charge in [-0.05, 0) is 34.2 Å². The standard InChI is InChI=1S/C8H19NO/c1-8(2,3)9(4)6-5-7-10/h10H,5-7H2,1-4H3. The minimum atomic E-state index is 0.231. The Balaban J connectivity index is 3.52. The van der Waals surface area contributed by atoms with Crippen LogP contribution < -0.4 is 0 Å². The molecule has 0 aliphatic carbocycles. The van der Waals surface area contributed by atoms with Crippen molar-refractivity contribution in [2.45, 2.75) is 32.7 Å². The third-order valence-corrected chi connectivity index (χ3v) is 1.80. The van der Waals surface area contributed by atoms with Crippen LogP contribution in [0, 0.1) is 0 Å². The van der Waals surface area contributed by atoms with Gasteiger partial charge in [-0.15, -0.1) is 0 Å². The van der Waals surface area contributed by atoms with Crippen LogP contribution in [0.2, 0.25) is 0 Å². The predicted molar refractivity (Wildman–Crippen MR) is 44.1 cm³/mol. The summed E-state index contributed by atoms with van der Waals surface area (Å²) in [5.41, 5.74) is 0.231. The van der Waals surface area contributed by atoms with E-state index in [1.165, 1.54) is 0 Å². The van der Waals surface area contributed by atoms with Crippen molar-refractivity contribution in [1.29, 1.82) is 0 Å². The molecule has 0 fully saturated rings. The Morgan fingerprint density at radius 3 is 2.10 bits per heavy atom. The Labute approximate surface area is 63.8 Å². The van der Waals surface area contributed by atoms with E-state index in [9.17, 15) is 0 Å². The molecule has 0 saturated heterocycles. The van der Waals surface area contributed by atoms with E-state index in [0.29, 0.717) is 6.61 Å². The summed E-state index contributed by atoms with van der Waals surface area (Å²) in [6.45, 7) is 7.78. The molecule has 0 rings (SSSR count). The van der Waals surface area contributed by atoms with Crippen molar-refractivity contribution in [3.63, 3.8) is 0 Å². The summed E-state index contributed by atoms with van der Waals surface area (Å²) in [6.07, 6.45) is 0.869. The average molecular weight is 145 g/mol. The van der Waals surface area contributed by atoms with Crippen LogP contribution in [0.25, 0.3) is 0 Å². The SMILES string of the molecule is CN(CCCO)C(C)(C)C. The summed E-state index contributed by atoms with van der Waals surface area (Å²) in [6, 6.07) is 0. The first kappa shape index (κ1) is 9.92. The molecule has 1 N–H and O–H groups in total. The lowest BCUT2D eigenvalue weighted by Gasteiger charge is -2.31. The molecule has 0 saturated carbocycles. The second-order valence-corrected chi connectivity index (χ2v) is 3.67. The Bertz CT molecular complexity index is 85.7. The lowest BCUT2D eigenvalue weighted by Crippen LogP contribution is -2.38. The normalized spacial score (nSPS) is 12.6. The molecule has 62 valence electrons. The monoisotopic (exact) mass is 145 g/mol. The maximum Gasteiger partial charge on any atom is 0.0443 e. The molecular weight excluding hydrogens is 126 g/mol. The van der Waals surface area contributed by atoms with Crippen LogP contribution in [-0.2, 0) is 0 Å². The van der Waals surface area contributed by atoms with Crippen molar-refractivity contribution >= 4 is 0 Å². The van der Waals surface area contributed by atoms with Gasteiger partial charge in [-0.1, -0.05) is 0 Å². The lowest BCUT2D eigenvalue weighted by atomic mass is 10.1. The fourth-order valence-electron chi connectivity index (χ4n) is 0.643. The van der Waals surface area contributed by atoms with Crippen molar-refractivity contribution in [2.75, 3.05) is 20.2 Å². The van der Waals surface area contributed by atoms with Crippen LogP contribution in [0.15, 0.2) is 0 Å². The summed E-state index contributed by atoms with van der Waals surface area (Å²) in [5.74, 6) is 0. The van der Waals surface area contributed by atoms with Crippen LogP contribution in [0.4, 0.5) is 0 Å². The van der Waals surface area contributed by atoms with Crippen molar-refractivity contribution in [1.82, 2.24) is 4.90 Å². The van der Waals surface area contributed by atoms with Gasteiger partial charge >= 0.3 is 0 Å². The van der Waals surface area contributed by atoms with E-state index < -0.39 is 0 Å². The summed E-state index contributed by atoms with van der Waals surface area (Å²) in [4.78, 5) is 2.24. The Morgan fingerprint density at radius 2 is 1.80 bits per heavy atom. The molecule has 0 heterocycles. The van der Waals surface area contributed by atoms with Gasteiger partial charge in [-0.3, -0.25) is 0 Å². The first-order valence-electron chi connectivity index (χ1n) is 3.80. The quantitative estimate of drug-likeness (QED) is 0.643. The number of aliphatic hydroxyl groups excluding tert-OH is 1. The average Bonchev–Trinajstić information content (AvgIpc) is 1.80. The maximum absolute atomic E-state index is 8.55. The maximum atomic E-state index is 8.55. The molecule has 0 aromatic rings. The zero-order chi connectivity index (χ0) is 8.20. The minimum absolute atomic E-state index is 0.231. The molecule has 0 bridgehead atoms. The number of rotatable bonds is 3. The molecule has 0 aromatic heterocycles. The van der Waals surface area contributed by atoms with Crippen molar-refractivity contribution in [2.24, 2.45) is 0 Å². The van der Waals surface area contributed by atoms with Gasteiger partial charge in [0.1, 0.15) is 0 Å². The smallest absolute Gasteiger partial charge is 0.0443 e. The van der Waals surface area contributed by atoms with E-state index in [0.717, 1.165) is 13.0 Å². The van der Waals surface area contributed by atoms with E-state index in [1.54, 1.807) is 0 Å². The van der Waals surface area contributed by atoms with E-state index >= 15 is 0 Å². The van der Waals surface area contributed by atoms with Gasteiger partial charge in [-0.2, -0.15) is 0 Å². The Morgan fingerprint density at radius 1 is 1.30 bits per heavy atom. The fraction of sp³-hybridized carbons (Fsp3) is 1.00. The van der Waals surface area contributed by atoms with Gasteiger partial charge in [0, 0.05) is 18.7 Å². The fourth-order valence-corrected chi connectivity index (χ4v) is 0.643. The van der Waals surface area contributed by atoms with E-state index in [2.05, 4.69) is 32.7 Å². The summed E-state index contributed by atoms with van der Waals surface area (Å²) >= 11 is 0. The molecule has 0 aliphatic heterocycles. The first-order chi connectivity index (χ1) is 4.48. The van der Waals surface area contributed by atoms with E-state index in [4.69, 9.17) is 5.11 Å². The molecule has 0 aromatic carbocycles. The molecule has 0 unspecified atom stereocenters. The number of nitrogens with zero attached hydrogens (tertiary/aromatic N) is 1. The van der Waals surface area contributed by atoms with Crippen LogP contribution >= 0.6 is 0 Å². The first-order valence-corrected chi connectivity index (χ1v) is 3.80. The third kappa shape index (κ3) is 3.85. The predicted octanol–water partition coefficient (Wildman–Crippen LogP) is 1.10. The molecule has 2 heteroatoms. The summed E-state index contributed by atoms with van der Waals surface area (Å²) < 4.78 is 0. The molecule has 2 nitrogen and oxygen atoms in total. The van der Waals surface area contributed by atoms with Gasteiger partial charge in [-0.25, -0.2) is 0 Å². The molecular formula is C8H19NO. The van der Waals surface area contributed by atoms with Gasteiger partial charge < -0.3 is 10.0 Å². The largest absolute Gasteiger partial charge is 0.396 e. The molecule has 0 amide bonds. The highest BCUT2D eigenvalue weighted by Crippen LogP contribution is 2.09. The highest BCUT2D eigenvalue weighted by atomic mass is 16.3. The highest BCUT2D eigenvalue weighted by molar-refractivity contribution is 4.71. The molecule has 0 spiro atoms. The van der Waals surface area contributed by atoms with Gasteiger partial charge in [0.2, 0.25) is 0 Å². The van der Waals surface area contributed by atoms with Crippen LogP contribution in [0.3, 0.4) is 0 Å². The number of hydrogen-bond acceptors (Lipinski definition) is 2. The number of hydrogen-bond donors (Lipinski definition) is 1. The summed E-state index contributed by atoms with van der Waals surface area (Å²) in [5, 5.41) is 8.55. The van der Waals surface area contributed by atoms with Gasteiger partial charge in [0.25, 0.3) is 0 Å². The summed E-state index contributed by atoms with van der Waals surface area (Å²) in [7, 11) is 2.08. The topological polar surface area (TPSA) is 23.5 Å². The van der Waals surface area contributed by atoms with Crippen molar-refractivity contribution in [3.8, 4) is 0 Å². The minimum Gasteiger partial charge on any atom is -0.396 e. The third-order valence-electron chi connectivity index (χ3n) is 1.80. The van der Waals surface area contributed by atoms with Crippen molar-refractivity contribution < 1.29 is 5.11 Å². The van der Waals surface area contributed by atoms with E-state index in [-0.39, 0.29) is 5.54 Å². The highest BCUT2D eigenvalue weighted by Gasteiger charge is 2.15. The second-order valence-electron chi connectivity index (χ2n) is 3.67. The zero-order valence-electron chi connectivity index (χ0n) is 7.52. The number of aliphatic hydroxyl groups is 1. The lowest BCUT2D eigenvalue weighted by molar-refractivity contribution is 0.158. The van der Waals surface area contributed by atoms with Crippen LogP contribution in [0.5, 0.6) is 0 Å².